The van der Waals surface area contributed by atoms with Crippen LogP contribution in [0.3, 0.4) is 0 Å². The molecule has 134 valence electrons. The van der Waals surface area contributed by atoms with Crippen LogP contribution in [0.2, 0.25) is 10.0 Å². The minimum Gasteiger partial charge on any atom is -0.367 e. The number of nitrogens with one attached hydrogen (secondary N) is 1. The number of nitrogens with zero attached hydrogens (tertiary/aromatic N) is 2. The Labute approximate surface area is 158 Å². The molecule has 0 saturated carbocycles. The van der Waals surface area contributed by atoms with Gasteiger partial charge >= 0.3 is 0 Å². The molecule has 1 aliphatic heterocycles. The molecule has 1 N–H and O–H groups in total. The lowest BCUT2D eigenvalue weighted by Gasteiger charge is -2.35. The maximum atomic E-state index is 12.7. The van der Waals surface area contributed by atoms with Crippen molar-refractivity contribution in [3.05, 3.63) is 52.5 Å². The monoisotopic (exact) mass is 399 g/mol. The highest BCUT2D eigenvalue weighted by Crippen LogP contribution is 2.32. The minimum atomic E-state index is -3.72. The normalized spacial score (nSPS) is 16.0. The van der Waals surface area contributed by atoms with Gasteiger partial charge in [-0.3, -0.25) is 4.72 Å². The zero-order chi connectivity index (χ0) is 18.0. The number of likely N-dealkylation sites (N-methyl/N-ethyl adjacent to an activating group) is 1. The predicted molar refractivity (Wildman–Crippen MR) is 103 cm³/mol. The number of hydrogen-bond donors (Lipinski definition) is 1. The van der Waals surface area contributed by atoms with Crippen LogP contribution >= 0.6 is 23.2 Å². The van der Waals surface area contributed by atoms with E-state index in [4.69, 9.17) is 23.2 Å². The van der Waals surface area contributed by atoms with E-state index in [2.05, 4.69) is 21.6 Å². The maximum Gasteiger partial charge on any atom is 0.261 e. The van der Waals surface area contributed by atoms with Gasteiger partial charge in [0.2, 0.25) is 0 Å². The van der Waals surface area contributed by atoms with Gasteiger partial charge in [0, 0.05) is 36.2 Å². The zero-order valence-corrected chi connectivity index (χ0v) is 16.1. The van der Waals surface area contributed by atoms with Gasteiger partial charge in [0.1, 0.15) is 0 Å². The number of sulfonamides is 1. The van der Waals surface area contributed by atoms with Crippen LogP contribution in [0.5, 0.6) is 0 Å². The van der Waals surface area contributed by atoms with Crippen LogP contribution in [0.1, 0.15) is 0 Å². The fourth-order valence-electron chi connectivity index (χ4n) is 2.73. The Morgan fingerprint density at radius 1 is 0.920 bits per heavy atom. The van der Waals surface area contributed by atoms with Crippen LogP contribution in [0.4, 0.5) is 11.4 Å². The molecule has 0 amide bonds. The van der Waals surface area contributed by atoms with Crippen LogP contribution in [0.25, 0.3) is 0 Å². The fraction of sp³-hybridized carbons (Fsp3) is 0.294. The summed E-state index contributed by atoms with van der Waals surface area (Å²) in [5.41, 5.74) is 1.31. The van der Waals surface area contributed by atoms with Crippen LogP contribution in [0, 0.1) is 0 Å². The van der Waals surface area contributed by atoms with Crippen molar-refractivity contribution >= 4 is 44.6 Å². The quantitative estimate of drug-likeness (QED) is 0.853. The third-order valence-corrected chi connectivity index (χ3v) is 6.04. The fourth-order valence-corrected chi connectivity index (χ4v) is 4.09. The summed E-state index contributed by atoms with van der Waals surface area (Å²) >= 11 is 11.9. The Hall–Kier alpha value is -1.47. The van der Waals surface area contributed by atoms with Gasteiger partial charge in [0.05, 0.1) is 16.3 Å². The first-order chi connectivity index (χ1) is 11.8. The maximum absolute atomic E-state index is 12.7. The molecule has 1 saturated heterocycles. The third-order valence-electron chi connectivity index (χ3n) is 4.17. The van der Waals surface area contributed by atoms with E-state index in [1.807, 2.05) is 6.07 Å². The molecule has 2 aromatic carbocycles. The van der Waals surface area contributed by atoms with Crippen molar-refractivity contribution in [3.63, 3.8) is 0 Å². The number of benzene rings is 2. The molecule has 0 unspecified atom stereocenters. The van der Waals surface area contributed by atoms with Crippen LogP contribution in [-0.2, 0) is 10.0 Å². The second kappa shape index (κ2) is 7.41. The standard InChI is InChI=1S/C17H19Cl2N3O2S/c1-21-8-10-22(11-9-21)17-7-4-14(19)12-16(17)20-25(23,24)15-5-2-13(18)3-6-15/h2-7,12,20H,8-11H2,1H3. The van der Waals surface area contributed by atoms with Gasteiger partial charge in [-0.05, 0) is 49.5 Å². The molecule has 1 fully saturated rings. The SMILES string of the molecule is CN1CCN(c2ccc(Cl)cc2NS(=O)(=O)c2ccc(Cl)cc2)CC1. The third kappa shape index (κ3) is 4.39. The molecular formula is C17H19Cl2N3O2S. The van der Waals surface area contributed by atoms with Crippen molar-refractivity contribution in [1.29, 1.82) is 0 Å². The topological polar surface area (TPSA) is 52.6 Å². The van der Waals surface area contributed by atoms with Gasteiger partial charge in [-0.25, -0.2) is 8.42 Å². The van der Waals surface area contributed by atoms with Gasteiger partial charge in [-0.2, -0.15) is 0 Å². The average molecular weight is 400 g/mol. The van der Waals surface area contributed by atoms with E-state index in [1.54, 1.807) is 24.3 Å². The van der Waals surface area contributed by atoms with Gasteiger partial charge in [-0.1, -0.05) is 23.2 Å². The summed E-state index contributed by atoms with van der Waals surface area (Å²) in [6, 6.07) is 11.3. The van der Waals surface area contributed by atoms with E-state index >= 15 is 0 Å². The highest BCUT2D eigenvalue weighted by molar-refractivity contribution is 7.92. The van der Waals surface area contributed by atoms with Crippen molar-refractivity contribution in [2.24, 2.45) is 0 Å². The van der Waals surface area contributed by atoms with Crippen LogP contribution in [0.15, 0.2) is 47.4 Å². The van der Waals surface area contributed by atoms with Crippen LogP contribution in [-0.4, -0.2) is 46.5 Å². The molecule has 8 heteroatoms. The summed E-state index contributed by atoms with van der Waals surface area (Å²) in [5, 5.41) is 0.964. The van der Waals surface area contributed by atoms with Gasteiger partial charge in [-0.15, -0.1) is 0 Å². The predicted octanol–water partition coefficient (Wildman–Crippen LogP) is 3.55. The summed E-state index contributed by atoms with van der Waals surface area (Å²) in [4.78, 5) is 4.56. The van der Waals surface area contributed by atoms with E-state index in [0.29, 0.717) is 15.7 Å². The molecule has 0 spiro atoms. The minimum absolute atomic E-state index is 0.154. The molecule has 1 heterocycles. The largest absolute Gasteiger partial charge is 0.367 e. The highest BCUT2D eigenvalue weighted by Gasteiger charge is 2.21. The number of hydrogen-bond acceptors (Lipinski definition) is 4. The first kappa shape index (κ1) is 18.3. The molecule has 5 nitrogen and oxygen atoms in total. The Balaban J connectivity index is 1.91. The summed E-state index contributed by atoms with van der Waals surface area (Å²) in [6.07, 6.45) is 0. The Morgan fingerprint density at radius 2 is 1.52 bits per heavy atom. The molecule has 3 rings (SSSR count). The molecule has 0 aromatic heterocycles. The van der Waals surface area contributed by atoms with E-state index < -0.39 is 10.0 Å². The van der Waals surface area contributed by atoms with E-state index in [-0.39, 0.29) is 4.90 Å². The first-order valence-corrected chi connectivity index (χ1v) is 10.1. The zero-order valence-electron chi connectivity index (χ0n) is 13.7. The van der Waals surface area contributed by atoms with Crippen molar-refractivity contribution in [1.82, 2.24) is 4.90 Å². The Kier molecular flexibility index (Phi) is 5.43. The number of halogens is 2. The molecule has 0 aliphatic carbocycles. The van der Waals surface area contributed by atoms with Crippen molar-refractivity contribution in [2.75, 3.05) is 42.8 Å². The summed E-state index contributed by atoms with van der Waals surface area (Å²) in [6.45, 7) is 3.50. The Morgan fingerprint density at radius 3 is 2.16 bits per heavy atom. The van der Waals surface area contributed by atoms with Gasteiger partial charge in [0.25, 0.3) is 10.0 Å². The first-order valence-electron chi connectivity index (χ1n) is 7.86. The molecule has 0 bridgehead atoms. The number of anilines is 2. The average Bonchev–Trinajstić information content (AvgIpc) is 2.56. The van der Waals surface area contributed by atoms with Crippen molar-refractivity contribution in [3.8, 4) is 0 Å². The van der Waals surface area contributed by atoms with Gasteiger partial charge < -0.3 is 9.80 Å². The molecule has 25 heavy (non-hydrogen) atoms. The lowest BCUT2D eigenvalue weighted by Crippen LogP contribution is -2.44. The lowest BCUT2D eigenvalue weighted by molar-refractivity contribution is 0.313. The molecule has 2 aromatic rings. The van der Waals surface area contributed by atoms with E-state index in [1.165, 1.54) is 12.1 Å². The summed E-state index contributed by atoms with van der Waals surface area (Å²) in [7, 11) is -1.65. The van der Waals surface area contributed by atoms with E-state index in [9.17, 15) is 8.42 Å². The molecular weight excluding hydrogens is 381 g/mol. The molecule has 0 radical (unpaired) electrons. The van der Waals surface area contributed by atoms with Crippen molar-refractivity contribution < 1.29 is 8.42 Å². The summed E-state index contributed by atoms with van der Waals surface area (Å²) in [5.74, 6) is 0. The van der Waals surface area contributed by atoms with Crippen LogP contribution < -0.4 is 9.62 Å². The number of rotatable bonds is 4. The van der Waals surface area contributed by atoms with Gasteiger partial charge in [0.15, 0.2) is 0 Å². The molecule has 0 atom stereocenters. The highest BCUT2D eigenvalue weighted by atomic mass is 35.5. The lowest BCUT2D eigenvalue weighted by atomic mass is 10.2. The Bertz CT molecular complexity index is 849. The second-order valence-electron chi connectivity index (χ2n) is 6.01. The van der Waals surface area contributed by atoms with Crippen molar-refractivity contribution in [2.45, 2.75) is 4.90 Å². The number of piperazine rings is 1. The molecule has 1 aliphatic rings. The van der Waals surface area contributed by atoms with E-state index in [0.717, 1.165) is 31.9 Å². The summed E-state index contributed by atoms with van der Waals surface area (Å²) < 4.78 is 28.0. The smallest absolute Gasteiger partial charge is 0.261 e. The second-order valence-corrected chi connectivity index (χ2v) is 8.57.